The van der Waals surface area contributed by atoms with Crippen molar-refractivity contribution in [2.24, 2.45) is 23.7 Å². The van der Waals surface area contributed by atoms with Gasteiger partial charge in [0.05, 0.1) is 6.10 Å². The highest BCUT2D eigenvalue weighted by atomic mass is 16.7. The van der Waals surface area contributed by atoms with Crippen molar-refractivity contribution in [3.8, 4) is 0 Å². The fourth-order valence-electron chi connectivity index (χ4n) is 4.28. The van der Waals surface area contributed by atoms with Gasteiger partial charge in [-0.25, -0.2) is 0 Å². The smallest absolute Gasteiger partial charge is 0.146 e. The lowest BCUT2D eigenvalue weighted by Gasteiger charge is -2.42. The van der Waals surface area contributed by atoms with Gasteiger partial charge in [-0.05, 0) is 71.6 Å². The molecule has 1 aliphatic carbocycles. The number of allylic oxidation sites excluding steroid dienone is 6. The number of hydrogen-bond donors (Lipinski definition) is 0. The number of ketones is 1. The Hall–Kier alpha value is -1.19. The number of carbonyl (C=O) groups is 1. The lowest BCUT2D eigenvalue weighted by molar-refractivity contribution is -0.159. The van der Waals surface area contributed by atoms with Crippen LogP contribution in [0.3, 0.4) is 0 Å². The van der Waals surface area contributed by atoms with Crippen LogP contribution in [0.15, 0.2) is 34.9 Å². The summed E-state index contributed by atoms with van der Waals surface area (Å²) in [7, 11) is 1.65. The second kappa shape index (κ2) is 13.2. The minimum absolute atomic E-state index is 0.0318. The zero-order valence-electron chi connectivity index (χ0n) is 20.1. The Kier molecular flexibility index (Phi) is 11.7. The topological polar surface area (TPSA) is 35.5 Å². The van der Waals surface area contributed by atoms with Gasteiger partial charge < -0.3 is 9.47 Å². The monoisotopic (exact) mass is 404 g/mol. The molecule has 0 aromatic carbocycles. The quantitative estimate of drug-likeness (QED) is 0.278. The minimum Gasteiger partial charge on any atom is -0.359 e. The molecular weight excluding hydrogens is 360 g/mol. The van der Waals surface area contributed by atoms with E-state index in [1.807, 2.05) is 6.92 Å². The molecule has 1 rings (SSSR count). The van der Waals surface area contributed by atoms with Crippen LogP contribution in [0.2, 0.25) is 0 Å². The average Bonchev–Trinajstić information content (AvgIpc) is 2.67. The first-order valence-electron chi connectivity index (χ1n) is 11.3. The second-order valence-electron chi connectivity index (χ2n) is 9.24. The van der Waals surface area contributed by atoms with E-state index < -0.39 is 0 Å². The van der Waals surface area contributed by atoms with Crippen LogP contribution in [0.1, 0.15) is 80.6 Å². The Labute approximate surface area is 179 Å². The third kappa shape index (κ3) is 8.60. The van der Waals surface area contributed by atoms with E-state index in [4.69, 9.17) is 9.47 Å². The number of ether oxygens (including phenoxy) is 2. The predicted molar refractivity (Wildman–Crippen MR) is 123 cm³/mol. The van der Waals surface area contributed by atoms with E-state index in [1.165, 1.54) is 16.7 Å². The van der Waals surface area contributed by atoms with Crippen LogP contribution in [0.4, 0.5) is 0 Å². The van der Waals surface area contributed by atoms with Crippen LogP contribution in [-0.2, 0) is 14.3 Å². The van der Waals surface area contributed by atoms with Crippen LogP contribution < -0.4 is 0 Å². The fourth-order valence-corrected chi connectivity index (χ4v) is 4.28. The molecule has 0 aromatic rings. The van der Waals surface area contributed by atoms with Crippen LogP contribution in [0, 0.1) is 23.7 Å². The SMILES string of the molecule is COCO[C@H]1[C@H](C)[C@H](C)C(=O)[C@H](C)[C@H]1C/C=C(\C)CC/C=C(\C)CCC=C(C)C. The molecule has 0 aliphatic heterocycles. The molecule has 1 fully saturated rings. The molecule has 0 radical (unpaired) electrons. The molecule has 0 amide bonds. The van der Waals surface area contributed by atoms with Gasteiger partial charge in [-0.2, -0.15) is 0 Å². The zero-order chi connectivity index (χ0) is 22.0. The van der Waals surface area contributed by atoms with E-state index in [0.29, 0.717) is 12.6 Å². The van der Waals surface area contributed by atoms with Gasteiger partial charge in [-0.3, -0.25) is 4.79 Å². The maximum atomic E-state index is 12.7. The van der Waals surface area contributed by atoms with Crippen molar-refractivity contribution in [3.63, 3.8) is 0 Å². The standard InChI is InChI=1S/C26H44O3/c1-18(2)11-9-12-19(3)13-10-14-20(4)15-16-24-23(7)25(27)21(5)22(6)26(24)29-17-28-8/h11,13,15,21-24,26H,9-10,12,14,16-17H2,1-8H3/b19-13+,20-15+/t21-,22+,23+,24+,26-/m0/s1. The third-order valence-electron chi connectivity index (χ3n) is 6.51. The van der Waals surface area contributed by atoms with Crippen LogP contribution in [-0.4, -0.2) is 25.8 Å². The van der Waals surface area contributed by atoms with Gasteiger partial charge in [0.1, 0.15) is 12.6 Å². The highest BCUT2D eigenvalue weighted by molar-refractivity contribution is 5.84. The minimum atomic E-state index is 0.0318. The molecule has 3 nitrogen and oxygen atoms in total. The maximum Gasteiger partial charge on any atom is 0.146 e. The van der Waals surface area contributed by atoms with Crippen molar-refractivity contribution in [1.82, 2.24) is 0 Å². The van der Waals surface area contributed by atoms with Gasteiger partial charge in [0.25, 0.3) is 0 Å². The second-order valence-corrected chi connectivity index (χ2v) is 9.24. The summed E-state index contributed by atoms with van der Waals surface area (Å²) in [5.74, 6) is 0.900. The molecule has 0 aromatic heterocycles. The first-order chi connectivity index (χ1) is 13.7. The summed E-state index contributed by atoms with van der Waals surface area (Å²) in [6.07, 6.45) is 12.4. The summed E-state index contributed by atoms with van der Waals surface area (Å²) < 4.78 is 11.2. The normalized spacial score (nSPS) is 28.6. The highest BCUT2D eigenvalue weighted by Crippen LogP contribution is 2.39. The van der Waals surface area contributed by atoms with Crippen molar-refractivity contribution in [1.29, 1.82) is 0 Å². The zero-order valence-corrected chi connectivity index (χ0v) is 20.1. The van der Waals surface area contributed by atoms with Gasteiger partial charge in [-0.1, -0.05) is 55.7 Å². The number of Topliss-reactive ketones (excluding diaryl/α,β-unsaturated/α-hetero) is 1. The van der Waals surface area contributed by atoms with Gasteiger partial charge in [0.2, 0.25) is 0 Å². The Balaban J connectivity index is 2.64. The molecule has 0 unspecified atom stereocenters. The Morgan fingerprint density at radius 1 is 0.897 bits per heavy atom. The summed E-state index contributed by atoms with van der Waals surface area (Å²) in [6.45, 7) is 15.3. The van der Waals surface area contributed by atoms with Crippen molar-refractivity contribution in [2.75, 3.05) is 13.9 Å². The van der Waals surface area contributed by atoms with Gasteiger partial charge in [0, 0.05) is 18.9 Å². The van der Waals surface area contributed by atoms with E-state index in [-0.39, 0.29) is 29.8 Å². The largest absolute Gasteiger partial charge is 0.359 e. The molecule has 5 atom stereocenters. The fraction of sp³-hybridized carbons (Fsp3) is 0.731. The number of hydrogen-bond acceptors (Lipinski definition) is 3. The Morgan fingerprint density at radius 2 is 1.48 bits per heavy atom. The third-order valence-corrected chi connectivity index (χ3v) is 6.51. The summed E-state index contributed by atoms with van der Waals surface area (Å²) in [5.41, 5.74) is 4.26. The van der Waals surface area contributed by atoms with Crippen molar-refractivity contribution < 1.29 is 14.3 Å². The van der Waals surface area contributed by atoms with Crippen LogP contribution in [0.25, 0.3) is 0 Å². The van der Waals surface area contributed by atoms with Crippen LogP contribution >= 0.6 is 0 Å². The summed E-state index contributed by atoms with van der Waals surface area (Å²) >= 11 is 0. The first kappa shape index (κ1) is 25.8. The molecular formula is C26H44O3. The molecule has 1 aliphatic rings. The van der Waals surface area contributed by atoms with Crippen molar-refractivity contribution >= 4 is 5.78 Å². The molecule has 166 valence electrons. The number of rotatable bonds is 11. The summed E-state index contributed by atoms with van der Waals surface area (Å²) in [5, 5.41) is 0. The molecule has 0 saturated heterocycles. The molecule has 3 heteroatoms. The lowest BCUT2D eigenvalue weighted by Crippen LogP contribution is -2.48. The van der Waals surface area contributed by atoms with Gasteiger partial charge in [-0.15, -0.1) is 0 Å². The molecule has 0 bridgehead atoms. The van der Waals surface area contributed by atoms with E-state index >= 15 is 0 Å². The van der Waals surface area contributed by atoms with Gasteiger partial charge in [0.15, 0.2) is 0 Å². The molecule has 1 saturated carbocycles. The maximum absolute atomic E-state index is 12.7. The van der Waals surface area contributed by atoms with Crippen molar-refractivity contribution in [3.05, 3.63) is 34.9 Å². The average molecular weight is 405 g/mol. The summed E-state index contributed by atoms with van der Waals surface area (Å²) in [4.78, 5) is 12.7. The first-order valence-corrected chi connectivity index (χ1v) is 11.3. The molecule has 0 N–H and O–H groups in total. The Morgan fingerprint density at radius 3 is 2.07 bits per heavy atom. The van der Waals surface area contributed by atoms with E-state index in [9.17, 15) is 4.79 Å². The lowest BCUT2D eigenvalue weighted by atomic mass is 9.66. The highest BCUT2D eigenvalue weighted by Gasteiger charge is 2.44. The Bertz CT molecular complexity index is 595. The van der Waals surface area contributed by atoms with Crippen molar-refractivity contribution in [2.45, 2.75) is 86.7 Å². The molecule has 0 spiro atoms. The molecule has 29 heavy (non-hydrogen) atoms. The van der Waals surface area contributed by atoms with Crippen LogP contribution in [0.5, 0.6) is 0 Å². The summed E-state index contributed by atoms with van der Waals surface area (Å²) in [6, 6.07) is 0. The van der Waals surface area contributed by atoms with E-state index in [2.05, 4.69) is 59.8 Å². The molecule has 0 heterocycles. The number of methoxy groups -OCH3 is 1. The predicted octanol–water partition coefficient (Wildman–Crippen LogP) is 6.89. The van der Waals surface area contributed by atoms with E-state index in [0.717, 1.165) is 32.1 Å². The van der Waals surface area contributed by atoms with E-state index in [1.54, 1.807) is 7.11 Å². The number of carbonyl (C=O) groups excluding carboxylic acids is 1. The van der Waals surface area contributed by atoms with Gasteiger partial charge >= 0.3 is 0 Å².